The van der Waals surface area contributed by atoms with E-state index >= 15 is 0 Å². The zero-order valence-electron chi connectivity index (χ0n) is 15.3. The number of carbonyl (C=O) groups excluding carboxylic acids is 1. The Morgan fingerprint density at radius 1 is 1.08 bits per heavy atom. The van der Waals surface area contributed by atoms with Crippen LogP contribution in [0, 0.1) is 6.92 Å². The Hall–Kier alpha value is -1.79. The molecule has 6 nitrogen and oxygen atoms in total. The molecular formula is C19H28N2O4. The summed E-state index contributed by atoms with van der Waals surface area (Å²) in [5, 5.41) is 10.1. The lowest BCUT2D eigenvalue weighted by atomic mass is 10.1. The molecule has 1 saturated heterocycles. The third-order valence-corrected chi connectivity index (χ3v) is 5.51. The van der Waals surface area contributed by atoms with E-state index in [9.17, 15) is 9.90 Å². The zero-order chi connectivity index (χ0) is 18.0. The molecule has 1 saturated carbocycles. The van der Waals surface area contributed by atoms with Gasteiger partial charge in [-0.15, -0.1) is 0 Å². The topological polar surface area (TPSA) is 62.2 Å². The van der Waals surface area contributed by atoms with Crippen LogP contribution < -0.4 is 9.47 Å². The average Bonchev–Trinajstić information content (AvgIpc) is 3.07. The first-order chi connectivity index (χ1) is 12.0. The van der Waals surface area contributed by atoms with Crippen LogP contribution in [0.5, 0.6) is 11.5 Å². The third-order valence-electron chi connectivity index (χ3n) is 5.51. The molecule has 1 aliphatic heterocycles. The summed E-state index contributed by atoms with van der Waals surface area (Å²) in [6, 6.07) is 3.83. The van der Waals surface area contributed by atoms with Crippen LogP contribution in [0.25, 0.3) is 0 Å². The molecule has 2 atom stereocenters. The van der Waals surface area contributed by atoms with Crippen molar-refractivity contribution in [2.24, 2.45) is 0 Å². The van der Waals surface area contributed by atoms with E-state index in [2.05, 4.69) is 4.90 Å². The van der Waals surface area contributed by atoms with Crippen LogP contribution in [-0.4, -0.2) is 73.4 Å². The minimum Gasteiger partial charge on any atom is -0.496 e. The fourth-order valence-corrected chi connectivity index (χ4v) is 4.00. The summed E-state index contributed by atoms with van der Waals surface area (Å²) in [5.41, 5.74) is 1.48. The number of nitrogens with zero attached hydrogens (tertiary/aromatic N) is 2. The number of ether oxygens (including phenoxy) is 2. The molecule has 0 bridgehead atoms. The standard InChI is InChI=1S/C19H28N2O4/c1-13-17(24-2)11-14(12-18(13)25-3)19(23)21-9-7-20(8-10-21)15-5-4-6-16(15)22/h11-12,15-16,22H,4-10H2,1-3H3/t15-,16+/m1/s1. The first-order valence-electron chi connectivity index (χ1n) is 8.99. The number of hydrogen-bond donors (Lipinski definition) is 1. The summed E-state index contributed by atoms with van der Waals surface area (Å²) in [7, 11) is 3.20. The molecule has 6 heteroatoms. The van der Waals surface area contributed by atoms with Crippen LogP contribution in [0.15, 0.2) is 12.1 Å². The van der Waals surface area contributed by atoms with E-state index in [0.29, 0.717) is 30.2 Å². The number of benzene rings is 1. The minimum atomic E-state index is -0.215. The molecule has 25 heavy (non-hydrogen) atoms. The van der Waals surface area contributed by atoms with Crippen LogP contribution in [0.3, 0.4) is 0 Å². The van der Waals surface area contributed by atoms with Gasteiger partial charge in [-0.1, -0.05) is 0 Å². The van der Waals surface area contributed by atoms with Gasteiger partial charge >= 0.3 is 0 Å². The monoisotopic (exact) mass is 348 g/mol. The largest absolute Gasteiger partial charge is 0.496 e. The molecule has 0 radical (unpaired) electrons. The molecule has 2 aliphatic rings. The molecule has 0 aromatic heterocycles. The molecule has 0 spiro atoms. The molecule has 1 heterocycles. The van der Waals surface area contributed by atoms with E-state index in [4.69, 9.17) is 9.47 Å². The number of piperazine rings is 1. The molecule has 1 amide bonds. The van der Waals surface area contributed by atoms with Crippen molar-refractivity contribution in [3.8, 4) is 11.5 Å². The molecule has 1 N–H and O–H groups in total. The quantitative estimate of drug-likeness (QED) is 0.897. The Bertz CT molecular complexity index is 601. The van der Waals surface area contributed by atoms with Crippen molar-refractivity contribution in [2.45, 2.75) is 38.3 Å². The lowest BCUT2D eigenvalue weighted by molar-refractivity contribution is 0.0315. The molecule has 2 fully saturated rings. The SMILES string of the molecule is COc1cc(C(=O)N2CCN([C@@H]3CCC[C@@H]3O)CC2)cc(OC)c1C. The number of amides is 1. The molecule has 1 aromatic carbocycles. The Balaban J connectivity index is 1.68. The molecule has 3 rings (SSSR count). The summed E-state index contributed by atoms with van der Waals surface area (Å²) >= 11 is 0. The van der Waals surface area contributed by atoms with Gasteiger partial charge in [-0.05, 0) is 38.3 Å². The van der Waals surface area contributed by atoms with Crippen molar-refractivity contribution in [3.05, 3.63) is 23.3 Å². The summed E-state index contributed by atoms with van der Waals surface area (Å²) < 4.78 is 10.8. The van der Waals surface area contributed by atoms with Crippen LogP contribution in [0.2, 0.25) is 0 Å². The number of aliphatic hydroxyl groups is 1. The summed E-state index contributed by atoms with van der Waals surface area (Å²) in [4.78, 5) is 17.1. The van der Waals surface area contributed by atoms with Gasteiger partial charge in [0.15, 0.2) is 0 Å². The lowest BCUT2D eigenvalue weighted by Gasteiger charge is -2.39. The number of carbonyl (C=O) groups is 1. The summed E-state index contributed by atoms with van der Waals surface area (Å²) in [6.07, 6.45) is 2.83. The van der Waals surface area contributed by atoms with Gasteiger partial charge in [0.05, 0.1) is 20.3 Å². The number of methoxy groups -OCH3 is 2. The Morgan fingerprint density at radius 3 is 2.16 bits per heavy atom. The van der Waals surface area contributed by atoms with Crippen LogP contribution in [-0.2, 0) is 0 Å². The minimum absolute atomic E-state index is 0.00298. The summed E-state index contributed by atoms with van der Waals surface area (Å²) in [6.45, 7) is 4.90. The zero-order valence-corrected chi connectivity index (χ0v) is 15.3. The Labute approximate surface area is 149 Å². The van der Waals surface area contributed by atoms with Crippen molar-refractivity contribution >= 4 is 5.91 Å². The van der Waals surface area contributed by atoms with Crippen LogP contribution >= 0.6 is 0 Å². The maximum atomic E-state index is 12.9. The molecule has 138 valence electrons. The van der Waals surface area contributed by atoms with E-state index in [1.165, 1.54) is 0 Å². The predicted molar refractivity (Wildman–Crippen MR) is 95.4 cm³/mol. The highest BCUT2D eigenvalue weighted by Gasteiger charge is 2.33. The van der Waals surface area contributed by atoms with E-state index in [0.717, 1.165) is 37.9 Å². The van der Waals surface area contributed by atoms with Crippen LogP contribution in [0.1, 0.15) is 35.2 Å². The normalized spacial score (nSPS) is 24.4. The molecular weight excluding hydrogens is 320 g/mol. The fourth-order valence-electron chi connectivity index (χ4n) is 4.00. The van der Waals surface area contributed by atoms with E-state index < -0.39 is 0 Å². The maximum Gasteiger partial charge on any atom is 0.254 e. The molecule has 1 aliphatic carbocycles. The Morgan fingerprint density at radius 2 is 1.68 bits per heavy atom. The first kappa shape index (κ1) is 18.0. The van der Waals surface area contributed by atoms with Crippen molar-refractivity contribution < 1.29 is 19.4 Å². The highest BCUT2D eigenvalue weighted by atomic mass is 16.5. The smallest absolute Gasteiger partial charge is 0.254 e. The van der Waals surface area contributed by atoms with Crippen molar-refractivity contribution in [3.63, 3.8) is 0 Å². The van der Waals surface area contributed by atoms with Gasteiger partial charge in [0, 0.05) is 43.3 Å². The van der Waals surface area contributed by atoms with Gasteiger partial charge in [0.2, 0.25) is 0 Å². The second-order valence-electron chi connectivity index (χ2n) is 6.90. The maximum absolute atomic E-state index is 12.9. The highest BCUT2D eigenvalue weighted by molar-refractivity contribution is 5.95. The van der Waals surface area contributed by atoms with E-state index in [-0.39, 0.29) is 18.1 Å². The predicted octanol–water partition coefficient (Wildman–Crippen LogP) is 1.68. The van der Waals surface area contributed by atoms with Gasteiger partial charge in [-0.25, -0.2) is 0 Å². The first-order valence-corrected chi connectivity index (χ1v) is 8.99. The number of hydrogen-bond acceptors (Lipinski definition) is 5. The van der Waals surface area contributed by atoms with Crippen molar-refractivity contribution in [1.29, 1.82) is 0 Å². The second kappa shape index (κ2) is 7.62. The molecule has 1 aromatic rings. The van der Waals surface area contributed by atoms with Gasteiger partial charge in [-0.2, -0.15) is 0 Å². The summed E-state index contributed by atoms with van der Waals surface area (Å²) in [5.74, 6) is 1.33. The van der Waals surface area contributed by atoms with Gasteiger partial charge < -0.3 is 19.5 Å². The van der Waals surface area contributed by atoms with Gasteiger partial charge in [0.1, 0.15) is 11.5 Å². The second-order valence-corrected chi connectivity index (χ2v) is 6.90. The lowest BCUT2D eigenvalue weighted by Crippen LogP contribution is -2.53. The van der Waals surface area contributed by atoms with Gasteiger partial charge in [0.25, 0.3) is 5.91 Å². The highest BCUT2D eigenvalue weighted by Crippen LogP contribution is 2.30. The van der Waals surface area contributed by atoms with E-state index in [1.54, 1.807) is 26.4 Å². The third kappa shape index (κ3) is 3.60. The van der Waals surface area contributed by atoms with Crippen molar-refractivity contribution in [1.82, 2.24) is 9.80 Å². The fraction of sp³-hybridized carbons (Fsp3) is 0.632. The van der Waals surface area contributed by atoms with Gasteiger partial charge in [-0.3, -0.25) is 9.69 Å². The average molecular weight is 348 g/mol. The number of aliphatic hydroxyl groups excluding tert-OH is 1. The molecule has 0 unspecified atom stereocenters. The van der Waals surface area contributed by atoms with Crippen molar-refractivity contribution in [2.75, 3.05) is 40.4 Å². The number of rotatable bonds is 4. The van der Waals surface area contributed by atoms with Crippen LogP contribution in [0.4, 0.5) is 0 Å². The Kier molecular flexibility index (Phi) is 5.49. The van der Waals surface area contributed by atoms with E-state index in [1.807, 2.05) is 11.8 Å².